The molecule has 0 unspecified atom stereocenters. The van der Waals surface area contributed by atoms with Crippen molar-refractivity contribution in [2.75, 3.05) is 26.2 Å². The van der Waals surface area contributed by atoms with Crippen molar-refractivity contribution in [1.29, 1.82) is 0 Å². The second kappa shape index (κ2) is 7.86. The topological polar surface area (TPSA) is 54.6 Å². The van der Waals surface area contributed by atoms with Gasteiger partial charge in [-0.25, -0.2) is 0 Å². The number of likely N-dealkylation sites (tertiary alicyclic amines) is 1. The van der Waals surface area contributed by atoms with Crippen LogP contribution in [0.1, 0.15) is 32.4 Å². The van der Waals surface area contributed by atoms with Gasteiger partial charge in [-0.05, 0) is 38.8 Å². The van der Waals surface area contributed by atoms with Crippen molar-refractivity contribution in [3.8, 4) is 11.3 Å². The molecule has 0 N–H and O–H groups in total. The van der Waals surface area contributed by atoms with Gasteiger partial charge < -0.3 is 9.26 Å². The van der Waals surface area contributed by atoms with Crippen LogP contribution in [0, 0.1) is 0 Å². The maximum atomic E-state index is 5.87. The number of nitrogens with zero attached hydrogens (tertiary/aromatic N) is 4. The number of rotatable bonds is 4. The van der Waals surface area contributed by atoms with Gasteiger partial charge in [-0.2, -0.15) is 0 Å². The largest absolute Gasteiger partial charge is 0.373 e. The highest BCUT2D eigenvalue weighted by atomic mass is 16.5. The molecule has 140 valence electrons. The van der Waals surface area contributed by atoms with Crippen molar-refractivity contribution < 1.29 is 9.26 Å². The molecule has 26 heavy (non-hydrogen) atoms. The number of hydrogen-bond donors (Lipinski definition) is 0. The first-order valence-electron chi connectivity index (χ1n) is 9.65. The number of morpholine rings is 1. The van der Waals surface area contributed by atoms with Gasteiger partial charge in [0.2, 0.25) is 0 Å². The van der Waals surface area contributed by atoms with Crippen LogP contribution in [0.5, 0.6) is 0 Å². The molecule has 2 aliphatic rings. The zero-order chi connectivity index (χ0) is 17.9. The molecule has 2 aliphatic heterocycles. The maximum absolute atomic E-state index is 5.87. The molecular formula is C20H28N4O2. The summed E-state index contributed by atoms with van der Waals surface area (Å²) in [6.07, 6.45) is 6.68. The van der Waals surface area contributed by atoms with E-state index in [9.17, 15) is 0 Å². The van der Waals surface area contributed by atoms with E-state index in [1.165, 1.54) is 12.8 Å². The van der Waals surface area contributed by atoms with Gasteiger partial charge in [0, 0.05) is 56.2 Å². The van der Waals surface area contributed by atoms with Crippen molar-refractivity contribution >= 4 is 0 Å². The normalized spacial score (nSPS) is 26.2. The fourth-order valence-corrected chi connectivity index (χ4v) is 4.23. The van der Waals surface area contributed by atoms with Gasteiger partial charge in [-0.15, -0.1) is 0 Å². The van der Waals surface area contributed by atoms with E-state index in [0.717, 1.165) is 49.7 Å². The summed E-state index contributed by atoms with van der Waals surface area (Å²) in [6.45, 7) is 9.54. The fourth-order valence-electron chi connectivity index (χ4n) is 4.23. The molecule has 0 aromatic carbocycles. The van der Waals surface area contributed by atoms with Crippen molar-refractivity contribution in [1.82, 2.24) is 19.9 Å². The molecule has 2 aromatic rings. The van der Waals surface area contributed by atoms with Crippen molar-refractivity contribution in [2.24, 2.45) is 0 Å². The summed E-state index contributed by atoms with van der Waals surface area (Å²) in [7, 11) is 0. The Balaban J connectivity index is 1.30. The quantitative estimate of drug-likeness (QED) is 0.840. The summed E-state index contributed by atoms with van der Waals surface area (Å²) in [5.41, 5.74) is 1.93. The maximum Gasteiger partial charge on any atom is 0.151 e. The number of hydrogen-bond acceptors (Lipinski definition) is 6. The molecule has 4 rings (SSSR count). The Morgan fingerprint density at radius 2 is 1.77 bits per heavy atom. The Morgan fingerprint density at radius 1 is 1.08 bits per heavy atom. The molecule has 0 amide bonds. The summed E-state index contributed by atoms with van der Waals surface area (Å²) >= 11 is 0. The van der Waals surface area contributed by atoms with Crippen LogP contribution in [0.25, 0.3) is 11.3 Å². The van der Waals surface area contributed by atoms with E-state index in [2.05, 4.69) is 33.8 Å². The molecule has 0 saturated carbocycles. The third-order valence-electron chi connectivity index (χ3n) is 5.44. The monoisotopic (exact) mass is 356 g/mol. The van der Waals surface area contributed by atoms with E-state index in [0.29, 0.717) is 18.2 Å². The second-order valence-corrected chi connectivity index (χ2v) is 7.63. The minimum atomic E-state index is 0.345. The summed E-state index contributed by atoms with van der Waals surface area (Å²) in [5, 5.41) is 4.21. The molecule has 0 bridgehead atoms. The van der Waals surface area contributed by atoms with E-state index in [-0.39, 0.29) is 0 Å². The minimum absolute atomic E-state index is 0.345. The van der Waals surface area contributed by atoms with Gasteiger partial charge in [0.1, 0.15) is 5.69 Å². The first-order valence-corrected chi connectivity index (χ1v) is 9.65. The minimum Gasteiger partial charge on any atom is -0.373 e. The SMILES string of the molecule is C[C@@H]1CN(C2CCN(Cc3cc(-c4ccncc4)no3)CC2)C[C@H](C)O1. The summed E-state index contributed by atoms with van der Waals surface area (Å²) in [6, 6.07) is 6.64. The van der Waals surface area contributed by atoms with E-state index >= 15 is 0 Å². The third-order valence-corrected chi connectivity index (χ3v) is 5.44. The molecule has 0 aliphatic carbocycles. The number of piperidine rings is 1. The smallest absolute Gasteiger partial charge is 0.151 e. The van der Waals surface area contributed by atoms with Gasteiger partial charge in [-0.1, -0.05) is 5.16 Å². The van der Waals surface area contributed by atoms with E-state index in [4.69, 9.17) is 9.26 Å². The van der Waals surface area contributed by atoms with Gasteiger partial charge in [0.05, 0.1) is 18.8 Å². The van der Waals surface area contributed by atoms with Crippen molar-refractivity contribution in [3.63, 3.8) is 0 Å². The molecule has 2 atom stereocenters. The summed E-state index contributed by atoms with van der Waals surface area (Å²) in [5.74, 6) is 0.934. The molecule has 6 heteroatoms. The highest BCUT2D eigenvalue weighted by Crippen LogP contribution is 2.24. The van der Waals surface area contributed by atoms with Crippen LogP contribution in [-0.4, -0.2) is 64.4 Å². The van der Waals surface area contributed by atoms with Gasteiger partial charge >= 0.3 is 0 Å². The summed E-state index contributed by atoms with van der Waals surface area (Å²) in [4.78, 5) is 9.15. The molecule has 4 heterocycles. The second-order valence-electron chi connectivity index (χ2n) is 7.63. The van der Waals surface area contributed by atoms with E-state index in [1.807, 2.05) is 18.2 Å². The number of aromatic nitrogens is 2. The molecule has 2 fully saturated rings. The van der Waals surface area contributed by atoms with E-state index in [1.54, 1.807) is 12.4 Å². The van der Waals surface area contributed by atoms with Gasteiger partial charge in [0.25, 0.3) is 0 Å². The molecule has 2 aromatic heterocycles. The fraction of sp³-hybridized carbons (Fsp3) is 0.600. The lowest BCUT2D eigenvalue weighted by atomic mass is 10.0. The molecule has 0 spiro atoms. The van der Waals surface area contributed by atoms with Crippen LogP contribution in [-0.2, 0) is 11.3 Å². The third kappa shape index (κ3) is 4.14. The van der Waals surface area contributed by atoms with Crippen LogP contribution in [0.4, 0.5) is 0 Å². The highest BCUT2D eigenvalue weighted by molar-refractivity contribution is 5.57. The highest BCUT2D eigenvalue weighted by Gasteiger charge is 2.30. The van der Waals surface area contributed by atoms with Crippen LogP contribution >= 0.6 is 0 Å². The first kappa shape index (κ1) is 17.6. The van der Waals surface area contributed by atoms with Crippen molar-refractivity contribution in [2.45, 2.75) is 51.5 Å². The van der Waals surface area contributed by atoms with Crippen LogP contribution in [0.3, 0.4) is 0 Å². The Hall–Kier alpha value is -1.76. The predicted octanol–water partition coefficient (Wildman–Crippen LogP) is 2.81. The number of pyridine rings is 1. The van der Waals surface area contributed by atoms with Crippen LogP contribution in [0.2, 0.25) is 0 Å². The zero-order valence-electron chi connectivity index (χ0n) is 15.7. The van der Waals surface area contributed by atoms with E-state index < -0.39 is 0 Å². The lowest BCUT2D eigenvalue weighted by Gasteiger charge is -2.43. The van der Waals surface area contributed by atoms with Gasteiger partial charge in [0.15, 0.2) is 5.76 Å². The predicted molar refractivity (Wildman–Crippen MR) is 99.6 cm³/mol. The van der Waals surface area contributed by atoms with Crippen molar-refractivity contribution in [3.05, 3.63) is 36.4 Å². The van der Waals surface area contributed by atoms with Gasteiger partial charge in [-0.3, -0.25) is 14.8 Å². The molecule has 6 nitrogen and oxygen atoms in total. The molecule has 0 radical (unpaired) electrons. The Morgan fingerprint density at radius 3 is 2.46 bits per heavy atom. The first-order chi connectivity index (χ1) is 12.7. The zero-order valence-corrected chi connectivity index (χ0v) is 15.7. The lowest BCUT2D eigenvalue weighted by Crippen LogP contribution is -2.53. The molecule has 2 saturated heterocycles. The average Bonchev–Trinajstić information content (AvgIpc) is 3.11. The average molecular weight is 356 g/mol. The Bertz CT molecular complexity index is 687. The van der Waals surface area contributed by atoms with Crippen LogP contribution < -0.4 is 0 Å². The summed E-state index contributed by atoms with van der Waals surface area (Å²) < 4.78 is 11.4. The Labute approximate surface area is 155 Å². The standard InChI is InChI=1S/C20H28N4O2/c1-15-12-24(13-16(2)25-15)18-5-9-23(10-6-18)14-19-11-20(22-26-19)17-3-7-21-8-4-17/h3-4,7-8,11,15-16,18H,5-6,9-10,12-14H2,1-2H3/t15-,16+. The molecular weight excluding hydrogens is 328 g/mol. The number of ether oxygens (including phenoxy) is 1. The lowest BCUT2D eigenvalue weighted by molar-refractivity contribution is -0.0867. The van der Waals surface area contributed by atoms with Crippen LogP contribution in [0.15, 0.2) is 35.1 Å². The Kier molecular flexibility index (Phi) is 5.33.